The molecule has 142 valence electrons. The molecule has 0 unspecified atom stereocenters. The van der Waals surface area contributed by atoms with Crippen LogP contribution in [-0.2, 0) is 27.1 Å². The molecule has 0 aliphatic carbocycles. The molecule has 5 nitrogen and oxygen atoms in total. The third kappa shape index (κ3) is 5.84. The SMILES string of the molecule is CCN(CC)S(=O)(=O)c1ccc(CNC(=O)CSCc2cccs2)cc1. The number of sulfonamides is 1. The highest BCUT2D eigenvalue weighted by molar-refractivity contribution is 7.99. The molecule has 0 fully saturated rings. The normalized spacial score (nSPS) is 11.7. The molecule has 0 saturated heterocycles. The fourth-order valence-electron chi connectivity index (χ4n) is 2.38. The zero-order valence-electron chi connectivity index (χ0n) is 15.0. The maximum atomic E-state index is 12.4. The molecule has 0 saturated carbocycles. The summed E-state index contributed by atoms with van der Waals surface area (Å²) in [5.41, 5.74) is 0.875. The molecular weight excluding hydrogens is 388 g/mol. The third-order valence-electron chi connectivity index (χ3n) is 3.81. The van der Waals surface area contributed by atoms with Crippen molar-refractivity contribution in [2.45, 2.75) is 31.0 Å². The summed E-state index contributed by atoms with van der Waals surface area (Å²) in [5.74, 6) is 1.22. The Morgan fingerprint density at radius 3 is 2.42 bits per heavy atom. The van der Waals surface area contributed by atoms with E-state index in [2.05, 4.69) is 11.4 Å². The molecule has 0 aliphatic heterocycles. The lowest BCUT2D eigenvalue weighted by Gasteiger charge is -2.18. The van der Waals surface area contributed by atoms with Crippen LogP contribution in [0.3, 0.4) is 0 Å². The number of amides is 1. The highest BCUT2D eigenvalue weighted by Gasteiger charge is 2.21. The maximum Gasteiger partial charge on any atom is 0.243 e. The fourth-order valence-corrected chi connectivity index (χ4v) is 5.54. The number of carbonyl (C=O) groups is 1. The quantitative estimate of drug-likeness (QED) is 0.650. The molecule has 8 heteroatoms. The Hall–Kier alpha value is -1.35. The van der Waals surface area contributed by atoms with E-state index in [4.69, 9.17) is 0 Å². The van der Waals surface area contributed by atoms with Crippen molar-refractivity contribution in [3.63, 3.8) is 0 Å². The van der Waals surface area contributed by atoms with Gasteiger partial charge in [0.25, 0.3) is 0 Å². The number of thiophene rings is 1. The Kier molecular flexibility index (Phi) is 8.15. The van der Waals surface area contributed by atoms with E-state index in [0.717, 1.165) is 11.3 Å². The minimum absolute atomic E-state index is 0.0219. The maximum absolute atomic E-state index is 12.4. The molecule has 0 aliphatic rings. The van der Waals surface area contributed by atoms with Crippen LogP contribution in [0, 0.1) is 0 Å². The Balaban J connectivity index is 1.82. The first-order chi connectivity index (χ1) is 12.5. The lowest BCUT2D eigenvalue weighted by molar-refractivity contribution is -0.118. The van der Waals surface area contributed by atoms with Gasteiger partial charge in [-0.15, -0.1) is 23.1 Å². The van der Waals surface area contributed by atoms with Gasteiger partial charge in [0.15, 0.2) is 0 Å². The molecule has 1 aromatic heterocycles. The zero-order valence-corrected chi connectivity index (χ0v) is 17.4. The summed E-state index contributed by atoms with van der Waals surface area (Å²) < 4.78 is 26.3. The van der Waals surface area contributed by atoms with Gasteiger partial charge >= 0.3 is 0 Å². The first-order valence-electron chi connectivity index (χ1n) is 8.43. The van der Waals surface area contributed by atoms with Crippen molar-refractivity contribution in [1.82, 2.24) is 9.62 Å². The monoisotopic (exact) mass is 412 g/mol. The van der Waals surface area contributed by atoms with Gasteiger partial charge in [-0.05, 0) is 29.1 Å². The molecular formula is C18H24N2O3S3. The predicted molar refractivity (Wildman–Crippen MR) is 109 cm³/mol. The smallest absolute Gasteiger partial charge is 0.243 e. The van der Waals surface area contributed by atoms with Crippen molar-refractivity contribution in [2.75, 3.05) is 18.8 Å². The summed E-state index contributed by atoms with van der Waals surface area (Å²) in [6.07, 6.45) is 0. The summed E-state index contributed by atoms with van der Waals surface area (Å²) in [5, 5.41) is 4.89. The van der Waals surface area contributed by atoms with Crippen molar-refractivity contribution in [2.24, 2.45) is 0 Å². The number of benzene rings is 1. The largest absolute Gasteiger partial charge is 0.351 e. The topological polar surface area (TPSA) is 66.5 Å². The van der Waals surface area contributed by atoms with E-state index in [1.165, 1.54) is 9.18 Å². The molecule has 0 bridgehead atoms. The average Bonchev–Trinajstić information content (AvgIpc) is 3.14. The number of nitrogens with one attached hydrogen (secondary N) is 1. The third-order valence-corrected chi connectivity index (χ3v) is 7.92. The molecule has 0 spiro atoms. The van der Waals surface area contributed by atoms with E-state index in [9.17, 15) is 13.2 Å². The standard InChI is InChI=1S/C18H24N2O3S3/c1-3-20(4-2)26(22,23)17-9-7-15(8-10-17)12-19-18(21)14-24-13-16-6-5-11-25-16/h5-11H,3-4,12-14H2,1-2H3,(H,19,21). The number of rotatable bonds is 10. The van der Waals surface area contributed by atoms with Crippen LogP contribution >= 0.6 is 23.1 Å². The number of hydrogen-bond donors (Lipinski definition) is 1. The van der Waals surface area contributed by atoms with Crippen molar-refractivity contribution >= 4 is 39.0 Å². The Bertz CT molecular complexity index is 784. The van der Waals surface area contributed by atoms with Crippen LogP contribution in [0.4, 0.5) is 0 Å². The number of nitrogens with zero attached hydrogens (tertiary/aromatic N) is 1. The van der Waals surface area contributed by atoms with Gasteiger partial charge in [0, 0.05) is 30.3 Å². The zero-order chi connectivity index (χ0) is 19.0. The van der Waals surface area contributed by atoms with E-state index >= 15 is 0 Å². The van der Waals surface area contributed by atoms with E-state index in [-0.39, 0.29) is 10.8 Å². The predicted octanol–water partition coefficient (Wildman–Crippen LogP) is 3.33. The summed E-state index contributed by atoms with van der Waals surface area (Å²) in [7, 11) is -3.44. The van der Waals surface area contributed by atoms with E-state index in [1.54, 1.807) is 47.4 Å². The van der Waals surface area contributed by atoms with Gasteiger partial charge in [0.05, 0.1) is 10.6 Å². The lowest BCUT2D eigenvalue weighted by atomic mass is 10.2. The van der Waals surface area contributed by atoms with Gasteiger partial charge in [0.1, 0.15) is 0 Å². The molecule has 1 aromatic carbocycles. The summed E-state index contributed by atoms with van der Waals surface area (Å²) in [4.78, 5) is 13.4. The number of thioether (sulfide) groups is 1. The first-order valence-corrected chi connectivity index (χ1v) is 11.9. The summed E-state index contributed by atoms with van der Waals surface area (Å²) >= 11 is 3.27. The molecule has 0 atom stereocenters. The Morgan fingerprint density at radius 1 is 1.15 bits per heavy atom. The van der Waals surface area contributed by atoms with Crippen LogP contribution in [0.15, 0.2) is 46.7 Å². The van der Waals surface area contributed by atoms with Crippen LogP contribution in [0.1, 0.15) is 24.3 Å². The van der Waals surface area contributed by atoms with Crippen LogP contribution in [0.2, 0.25) is 0 Å². The highest BCUT2D eigenvalue weighted by Crippen LogP contribution is 2.17. The van der Waals surface area contributed by atoms with E-state index < -0.39 is 10.0 Å². The molecule has 26 heavy (non-hydrogen) atoms. The lowest BCUT2D eigenvalue weighted by Crippen LogP contribution is -2.30. The number of carbonyl (C=O) groups excluding carboxylic acids is 1. The summed E-state index contributed by atoms with van der Waals surface area (Å²) in [6, 6.07) is 10.8. The van der Waals surface area contributed by atoms with Gasteiger partial charge < -0.3 is 5.32 Å². The van der Waals surface area contributed by atoms with Crippen molar-refractivity contribution in [1.29, 1.82) is 0 Å². The van der Waals surface area contributed by atoms with E-state index in [0.29, 0.717) is 25.4 Å². The van der Waals surface area contributed by atoms with E-state index in [1.807, 2.05) is 25.3 Å². The Labute approximate surface area is 163 Å². The summed E-state index contributed by atoms with van der Waals surface area (Å²) in [6.45, 7) is 4.92. The fraction of sp³-hybridized carbons (Fsp3) is 0.389. The van der Waals surface area contributed by atoms with Crippen LogP contribution in [-0.4, -0.2) is 37.5 Å². The van der Waals surface area contributed by atoms with Gasteiger partial charge in [-0.3, -0.25) is 4.79 Å². The second kappa shape index (κ2) is 10.1. The van der Waals surface area contributed by atoms with Gasteiger partial charge in [0.2, 0.25) is 15.9 Å². The van der Waals surface area contributed by atoms with Crippen molar-refractivity contribution in [3.05, 3.63) is 52.2 Å². The van der Waals surface area contributed by atoms with Gasteiger partial charge in [-0.2, -0.15) is 4.31 Å². The van der Waals surface area contributed by atoms with Crippen molar-refractivity contribution in [3.8, 4) is 0 Å². The molecule has 1 amide bonds. The molecule has 2 aromatic rings. The van der Waals surface area contributed by atoms with Crippen LogP contribution in [0.5, 0.6) is 0 Å². The molecule has 1 heterocycles. The second-order valence-electron chi connectivity index (χ2n) is 5.58. The second-order valence-corrected chi connectivity index (χ2v) is 9.54. The minimum atomic E-state index is -3.44. The van der Waals surface area contributed by atoms with Crippen LogP contribution in [0.25, 0.3) is 0 Å². The first kappa shape index (κ1) is 21.0. The van der Waals surface area contributed by atoms with Crippen molar-refractivity contribution < 1.29 is 13.2 Å². The number of hydrogen-bond acceptors (Lipinski definition) is 5. The van der Waals surface area contributed by atoms with Crippen LogP contribution < -0.4 is 5.32 Å². The van der Waals surface area contributed by atoms with Gasteiger partial charge in [-0.25, -0.2) is 8.42 Å². The highest BCUT2D eigenvalue weighted by atomic mass is 32.2. The minimum Gasteiger partial charge on any atom is -0.351 e. The van der Waals surface area contributed by atoms with Gasteiger partial charge in [-0.1, -0.05) is 32.0 Å². The average molecular weight is 413 g/mol. The molecule has 2 rings (SSSR count). The molecule has 0 radical (unpaired) electrons. The molecule has 1 N–H and O–H groups in total. The Morgan fingerprint density at radius 2 is 1.85 bits per heavy atom.